The SMILES string of the molecule is O=C(NC/C=C/c1ccc2nc(NC3CC3)ncc2c1)c1cncn(Cc2ccc(F)c(F)c2)c1=O. The topological polar surface area (TPSA) is 102 Å². The average Bonchev–Trinajstić information content (AvgIpc) is 3.69. The number of hydrogen-bond donors (Lipinski definition) is 2. The highest BCUT2D eigenvalue weighted by Crippen LogP contribution is 2.24. The van der Waals surface area contributed by atoms with Crippen LogP contribution in [0, 0.1) is 11.6 Å². The van der Waals surface area contributed by atoms with Crippen LogP contribution in [0.3, 0.4) is 0 Å². The van der Waals surface area contributed by atoms with Crippen molar-refractivity contribution in [1.82, 2.24) is 24.8 Å². The largest absolute Gasteiger partial charge is 0.351 e. The zero-order valence-electron chi connectivity index (χ0n) is 19.1. The van der Waals surface area contributed by atoms with Gasteiger partial charge in [0.2, 0.25) is 5.95 Å². The van der Waals surface area contributed by atoms with Crippen LogP contribution in [0.5, 0.6) is 0 Å². The predicted molar refractivity (Wildman–Crippen MR) is 132 cm³/mol. The first kappa shape index (κ1) is 23.3. The molecule has 0 aliphatic heterocycles. The number of aromatic nitrogens is 4. The molecule has 1 aliphatic rings. The zero-order valence-corrected chi connectivity index (χ0v) is 19.1. The Morgan fingerprint density at radius 3 is 2.78 bits per heavy atom. The number of halogens is 2. The third-order valence-electron chi connectivity index (χ3n) is 5.69. The van der Waals surface area contributed by atoms with Crippen molar-refractivity contribution in [1.29, 1.82) is 0 Å². The van der Waals surface area contributed by atoms with Gasteiger partial charge in [0.25, 0.3) is 11.5 Å². The molecule has 2 heterocycles. The van der Waals surface area contributed by atoms with Crippen LogP contribution in [0.2, 0.25) is 0 Å². The Hall–Kier alpha value is -4.47. The van der Waals surface area contributed by atoms with E-state index in [2.05, 4.69) is 25.6 Å². The van der Waals surface area contributed by atoms with E-state index in [1.54, 1.807) is 12.3 Å². The summed E-state index contributed by atoms with van der Waals surface area (Å²) in [7, 11) is 0. The summed E-state index contributed by atoms with van der Waals surface area (Å²) in [6.45, 7) is 0.142. The van der Waals surface area contributed by atoms with Crippen molar-refractivity contribution in [2.75, 3.05) is 11.9 Å². The molecule has 182 valence electrons. The summed E-state index contributed by atoms with van der Waals surface area (Å²) < 4.78 is 27.8. The van der Waals surface area contributed by atoms with Crippen molar-refractivity contribution >= 4 is 28.8 Å². The number of amides is 1. The van der Waals surface area contributed by atoms with Crippen molar-refractivity contribution in [2.24, 2.45) is 0 Å². The highest BCUT2D eigenvalue weighted by atomic mass is 19.2. The minimum absolute atomic E-state index is 0.0477. The van der Waals surface area contributed by atoms with Gasteiger partial charge < -0.3 is 10.6 Å². The first-order valence-corrected chi connectivity index (χ1v) is 11.4. The van der Waals surface area contributed by atoms with Gasteiger partial charge in [-0.15, -0.1) is 0 Å². The van der Waals surface area contributed by atoms with Crippen LogP contribution in [0.15, 0.2) is 66.0 Å². The second-order valence-electron chi connectivity index (χ2n) is 8.53. The molecular weight excluding hydrogens is 466 g/mol. The van der Waals surface area contributed by atoms with E-state index in [1.165, 1.54) is 23.2 Å². The minimum Gasteiger partial charge on any atom is -0.351 e. The van der Waals surface area contributed by atoms with Gasteiger partial charge in [0, 0.05) is 30.4 Å². The number of nitrogens with one attached hydrogen (secondary N) is 2. The Morgan fingerprint density at radius 2 is 1.97 bits per heavy atom. The van der Waals surface area contributed by atoms with E-state index < -0.39 is 23.1 Å². The highest BCUT2D eigenvalue weighted by molar-refractivity contribution is 5.93. The molecule has 1 saturated carbocycles. The quantitative estimate of drug-likeness (QED) is 0.394. The highest BCUT2D eigenvalue weighted by Gasteiger charge is 2.21. The van der Waals surface area contributed by atoms with Crippen LogP contribution in [0.25, 0.3) is 17.0 Å². The van der Waals surface area contributed by atoms with Crippen LogP contribution in [-0.4, -0.2) is 38.0 Å². The Balaban J connectivity index is 1.20. The van der Waals surface area contributed by atoms with E-state index in [0.29, 0.717) is 17.6 Å². The second-order valence-corrected chi connectivity index (χ2v) is 8.53. The van der Waals surface area contributed by atoms with Crippen LogP contribution in [0.4, 0.5) is 14.7 Å². The molecule has 0 spiro atoms. The lowest BCUT2D eigenvalue weighted by atomic mass is 10.1. The molecule has 0 saturated heterocycles. The van der Waals surface area contributed by atoms with Crippen LogP contribution in [-0.2, 0) is 6.54 Å². The number of fused-ring (bicyclic) bond motifs is 1. The molecule has 36 heavy (non-hydrogen) atoms. The fourth-order valence-electron chi connectivity index (χ4n) is 3.63. The fourth-order valence-corrected chi connectivity index (χ4v) is 3.63. The number of carbonyl (C=O) groups excluding carboxylic acids is 1. The Bertz CT molecular complexity index is 1530. The Morgan fingerprint density at radius 1 is 1.11 bits per heavy atom. The number of carbonyl (C=O) groups is 1. The number of rotatable bonds is 8. The van der Waals surface area contributed by atoms with E-state index in [9.17, 15) is 18.4 Å². The summed E-state index contributed by atoms with van der Waals surface area (Å²) in [4.78, 5) is 38.0. The molecule has 2 N–H and O–H groups in total. The summed E-state index contributed by atoms with van der Waals surface area (Å²) in [5, 5.41) is 6.85. The maximum Gasteiger partial charge on any atom is 0.266 e. The second kappa shape index (κ2) is 10.0. The lowest BCUT2D eigenvalue weighted by Crippen LogP contribution is -2.33. The molecule has 0 bridgehead atoms. The third-order valence-corrected chi connectivity index (χ3v) is 5.69. The van der Waals surface area contributed by atoms with Crippen LogP contribution in [0.1, 0.15) is 34.3 Å². The molecule has 2 aromatic heterocycles. The molecule has 1 amide bonds. The van der Waals surface area contributed by atoms with Gasteiger partial charge in [0.1, 0.15) is 5.56 Å². The number of hydrogen-bond acceptors (Lipinski definition) is 6. The zero-order chi connectivity index (χ0) is 25.1. The molecule has 0 radical (unpaired) electrons. The Labute approximate surface area is 204 Å². The van der Waals surface area contributed by atoms with E-state index >= 15 is 0 Å². The van der Waals surface area contributed by atoms with Gasteiger partial charge in [-0.05, 0) is 48.2 Å². The molecule has 1 fully saturated rings. The van der Waals surface area contributed by atoms with Gasteiger partial charge in [-0.3, -0.25) is 14.2 Å². The molecule has 5 rings (SSSR count). The number of anilines is 1. The van der Waals surface area contributed by atoms with E-state index in [-0.39, 0.29) is 18.7 Å². The van der Waals surface area contributed by atoms with Crippen molar-refractivity contribution in [3.63, 3.8) is 0 Å². The molecule has 2 aromatic carbocycles. The molecule has 1 aliphatic carbocycles. The maximum atomic E-state index is 13.5. The number of benzene rings is 2. The fraction of sp³-hybridized carbons (Fsp3) is 0.192. The predicted octanol–water partition coefficient (Wildman–Crippen LogP) is 3.53. The lowest BCUT2D eigenvalue weighted by Gasteiger charge is -2.08. The molecule has 0 unspecified atom stereocenters. The molecule has 0 atom stereocenters. The van der Waals surface area contributed by atoms with E-state index in [1.807, 2.05) is 24.3 Å². The summed E-state index contributed by atoms with van der Waals surface area (Å²) >= 11 is 0. The summed E-state index contributed by atoms with van der Waals surface area (Å²) in [6.07, 6.45) is 10.1. The van der Waals surface area contributed by atoms with Gasteiger partial charge >= 0.3 is 0 Å². The lowest BCUT2D eigenvalue weighted by molar-refractivity contribution is 0.0955. The van der Waals surface area contributed by atoms with Gasteiger partial charge in [-0.2, -0.15) is 0 Å². The van der Waals surface area contributed by atoms with Crippen molar-refractivity contribution in [2.45, 2.75) is 25.4 Å². The first-order chi connectivity index (χ1) is 17.5. The third kappa shape index (κ3) is 5.43. The molecular formula is C26H22F2N6O2. The van der Waals surface area contributed by atoms with Gasteiger partial charge in [-0.25, -0.2) is 23.7 Å². The smallest absolute Gasteiger partial charge is 0.266 e. The van der Waals surface area contributed by atoms with Crippen molar-refractivity contribution < 1.29 is 13.6 Å². The normalized spacial score (nSPS) is 13.3. The van der Waals surface area contributed by atoms with Crippen molar-refractivity contribution in [3.05, 3.63) is 99.9 Å². The minimum atomic E-state index is -1.01. The molecule has 8 nitrogen and oxygen atoms in total. The average molecular weight is 488 g/mol. The summed E-state index contributed by atoms with van der Waals surface area (Å²) in [6, 6.07) is 9.62. The van der Waals surface area contributed by atoms with E-state index in [0.717, 1.165) is 41.4 Å². The maximum absolute atomic E-state index is 13.5. The van der Waals surface area contributed by atoms with Gasteiger partial charge in [-0.1, -0.05) is 24.3 Å². The van der Waals surface area contributed by atoms with Crippen LogP contribution < -0.4 is 16.2 Å². The monoisotopic (exact) mass is 488 g/mol. The molecule has 10 heteroatoms. The summed E-state index contributed by atoms with van der Waals surface area (Å²) in [5.74, 6) is -1.93. The Kier molecular flexibility index (Phi) is 6.48. The molecule has 4 aromatic rings. The van der Waals surface area contributed by atoms with E-state index in [4.69, 9.17) is 0 Å². The van der Waals surface area contributed by atoms with Gasteiger partial charge in [0.15, 0.2) is 11.6 Å². The van der Waals surface area contributed by atoms with Crippen LogP contribution >= 0.6 is 0 Å². The van der Waals surface area contributed by atoms with Gasteiger partial charge in [0.05, 0.1) is 18.4 Å². The standard InChI is InChI=1S/C26H22F2N6O2/c27-21-7-3-17(11-22(21)28)14-34-15-29-13-20(25(34)36)24(35)30-9-1-2-16-4-8-23-18(10-16)12-31-26(33-23)32-19-5-6-19/h1-4,7-8,10-13,15,19H,5-6,9,14H2,(H,30,35)(H,31,32,33)/b2-1+. The first-order valence-electron chi connectivity index (χ1n) is 11.4. The summed E-state index contributed by atoms with van der Waals surface area (Å²) in [5.41, 5.74) is 1.40. The van der Waals surface area contributed by atoms with Crippen molar-refractivity contribution in [3.8, 4) is 0 Å². The number of nitrogens with zero attached hydrogens (tertiary/aromatic N) is 4.